The lowest BCUT2D eigenvalue weighted by atomic mass is 10.2. The van der Waals surface area contributed by atoms with Gasteiger partial charge in [-0.15, -0.1) is 0 Å². The Morgan fingerprint density at radius 1 is 1.29 bits per heavy atom. The number of aromatic nitrogens is 2. The zero-order chi connectivity index (χ0) is 15.4. The van der Waals surface area contributed by atoms with Crippen LogP contribution in [0.5, 0.6) is 11.5 Å². The van der Waals surface area contributed by atoms with E-state index >= 15 is 0 Å². The first kappa shape index (κ1) is 16.4. The molecule has 0 spiro atoms. The van der Waals surface area contributed by atoms with Gasteiger partial charge in [-0.2, -0.15) is 5.10 Å². The number of benzene rings is 1. The molecule has 0 aliphatic heterocycles. The molecule has 4 nitrogen and oxygen atoms in total. The zero-order valence-electron chi connectivity index (χ0n) is 12.3. The molecule has 0 unspecified atom stereocenters. The summed E-state index contributed by atoms with van der Waals surface area (Å²) in [6, 6.07) is 6.03. The third kappa shape index (κ3) is 3.80. The number of aryl methyl sites for hydroxylation is 2. The maximum absolute atomic E-state index is 5.95. The number of nitrogens with zero attached hydrogens (tertiary/aromatic N) is 2. The molecule has 2 rings (SSSR count). The minimum Gasteiger partial charge on any atom is -0.493 e. The first-order valence-corrected chi connectivity index (χ1v) is 8.59. The van der Waals surface area contributed by atoms with Crippen molar-refractivity contribution in [1.82, 2.24) is 9.78 Å². The van der Waals surface area contributed by atoms with E-state index in [1.807, 2.05) is 29.8 Å². The van der Waals surface area contributed by atoms with E-state index in [1.54, 1.807) is 7.11 Å². The van der Waals surface area contributed by atoms with Gasteiger partial charge in [0.1, 0.15) is 6.61 Å². The molecule has 0 fully saturated rings. The molecule has 2 aromatic rings. The van der Waals surface area contributed by atoms with Crippen molar-refractivity contribution >= 4 is 31.9 Å². The highest BCUT2D eigenvalue weighted by Gasteiger charge is 2.13. The Hall–Kier alpha value is -1.01. The van der Waals surface area contributed by atoms with Gasteiger partial charge in [-0.1, -0.05) is 15.9 Å². The summed E-state index contributed by atoms with van der Waals surface area (Å²) in [5, 5.41) is 5.19. The number of alkyl halides is 1. The molecule has 0 saturated carbocycles. The molecule has 0 saturated heterocycles. The first-order chi connectivity index (χ1) is 10.1. The quantitative estimate of drug-likeness (QED) is 0.651. The molecule has 0 aliphatic rings. The molecule has 0 aliphatic carbocycles. The predicted molar refractivity (Wildman–Crippen MR) is 90.3 cm³/mol. The van der Waals surface area contributed by atoms with Crippen molar-refractivity contribution in [3.05, 3.63) is 39.6 Å². The molecule has 0 radical (unpaired) electrons. The maximum Gasteiger partial charge on any atom is 0.175 e. The fraction of sp³-hybridized carbons (Fsp3) is 0.400. The molecule has 1 heterocycles. The van der Waals surface area contributed by atoms with E-state index in [0.717, 1.165) is 39.0 Å². The SMILES string of the molecule is CCn1nc(C)cc1COc1c(Br)cc(CBr)cc1OC. The van der Waals surface area contributed by atoms with Crippen LogP contribution < -0.4 is 9.47 Å². The van der Waals surface area contributed by atoms with Crippen LogP contribution in [0.2, 0.25) is 0 Å². The molecule has 21 heavy (non-hydrogen) atoms. The second kappa shape index (κ2) is 7.31. The summed E-state index contributed by atoms with van der Waals surface area (Å²) in [6.45, 7) is 5.33. The van der Waals surface area contributed by atoms with Crippen molar-refractivity contribution < 1.29 is 9.47 Å². The smallest absolute Gasteiger partial charge is 0.175 e. The zero-order valence-corrected chi connectivity index (χ0v) is 15.5. The van der Waals surface area contributed by atoms with Crippen LogP contribution in [-0.2, 0) is 18.5 Å². The van der Waals surface area contributed by atoms with Gasteiger partial charge >= 0.3 is 0 Å². The van der Waals surface area contributed by atoms with E-state index in [4.69, 9.17) is 9.47 Å². The van der Waals surface area contributed by atoms with Crippen molar-refractivity contribution in [3.8, 4) is 11.5 Å². The van der Waals surface area contributed by atoms with Gasteiger partial charge in [-0.05, 0) is 53.5 Å². The van der Waals surface area contributed by atoms with Gasteiger partial charge in [0.2, 0.25) is 0 Å². The van der Waals surface area contributed by atoms with Gasteiger partial charge in [0.15, 0.2) is 11.5 Å². The average Bonchev–Trinajstić information content (AvgIpc) is 2.85. The summed E-state index contributed by atoms with van der Waals surface area (Å²) in [4.78, 5) is 0. The number of hydrogen-bond donors (Lipinski definition) is 0. The van der Waals surface area contributed by atoms with Gasteiger partial charge in [-0.3, -0.25) is 4.68 Å². The molecule has 0 atom stereocenters. The number of ether oxygens (including phenoxy) is 2. The Kier molecular flexibility index (Phi) is 5.70. The number of halogens is 2. The van der Waals surface area contributed by atoms with Crippen molar-refractivity contribution in [1.29, 1.82) is 0 Å². The Labute approximate surface area is 141 Å². The number of rotatable bonds is 6. The Morgan fingerprint density at radius 2 is 2.05 bits per heavy atom. The van der Waals surface area contributed by atoms with E-state index < -0.39 is 0 Å². The molecule has 1 aromatic carbocycles. The second-order valence-electron chi connectivity index (χ2n) is 4.62. The summed E-state index contributed by atoms with van der Waals surface area (Å²) in [7, 11) is 1.65. The summed E-state index contributed by atoms with van der Waals surface area (Å²) >= 11 is 6.99. The largest absolute Gasteiger partial charge is 0.493 e. The molecular formula is C15H18Br2N2O2. The minimum atomic E-state index is 0.456. The highest BCUT2D eigenvalue weighted by Crippen LogP contribution is 2.37. The van der Waals surface area contributed by atoms with Crippen LogP contribution in [0.25, 0.3) is 0 Å². The molecule has 0 amide bonds. The lowest BCUT2D eigenvalue weighted by Crippen LogP contribution is -2.07. The molecular weight excluding hydrogens is 400 g/mol. The van der Waals surface area contributed by atoms with E-state index in [1.165, 1.54) is 0 Å². The van der Waals surface area contributed by atoms with Crippen molar-refractivity contribution in [2.45, 2.75) is 32.3 Å². The average molecular weight is 418 g/mol. The van der Waals surface area contributed by atoms with Crippen LogP contribution in [0.15, 0.2) is 22.7 Å². The normalized spacial score (nSPS) is 10.7. The van der Waals surface area contributed by atoms with Crippen LogP contribution >= 0.6 is 31.9 Å². The van der Waals surface area contributed by atoms with Crippen molar-refractivity contribution in [2.24, 2.45) is 0 Å². The Balaban J connectivity index is 2.23. The highest BCUT2D eigenvalue weighted by molar-refractivity contribution is 9.10. The molecule has 1 aromatic heterocycles. The molecule has 0 bridgehead atoms. The van der Waals surface area contributed by atoms with E-state index in [9.17, 15) is 0 Å². The third-order valence-corrected chi connectivity index (χ3v) is 4.33. The lowest BCUT2D eigenvalue weighted by Gasteiger charge is -2.14. The molecule has 6 heteroatoms. The van der Waals surface area contributed by atoms with Crippen molar-refractivity contribution in [3.63, 3.8) is 0 Å². The van der Waals surface area contributed by atoms with E-state index in [0.29, 0.717) is 12.4 Å². The van der Waals surface area contributed by atoms with Gasteiger partial charge < -0.3 is 9.47 Å². The first-order valence-electron chi connectivity index (χ1n) is 6.67. The minimum absolute atomic E-state index is 0.456. The summed E-state index contributed by atoms with van der Waals surface area (Å²) in [6.07, 6.45) is 0. The van der Waals surface area contributed by atoms with E-state index in [-0.39, 0.29) is 0 Å². The summed E-state index contributed by atoms with van der Waals surface area (Å²) in [5.41, 5.74) is 3.17. The molecule has 0 N–H and O–H groups in total. The highest BCUT2D eigenvalue weighted by atomic mass is 79.9. The van der Waals surface area contributed by atoms with Gasteiger partial charge in [-0.25, -0.2) is 0 Å². The van der Waals surface area contributed by atoms with Crippen LogP contribution in [0.1, 0.15) is 23.9 Å². The van der Waals surface area contributed by atoms with Gasteiger partial charge in [0.25, 0.3) is 0 Å². The fourth-order valence-electron chi connectivity index (χ4n) is 2.13. The topological polar surface area (TPSA) is 36.3 Å². The summed E-state index contributed by atoms with van der Waals surface area (Å²) in [5.74, 6) is 1.43. The molecule has 114 valence electrons. The number of methoxy groups -OCH3 is 1. The summed E-state index contributed by atoms with van der Waals surface area (Å²) < 4.78 is 14.2. The Bertz CT molecular complexity index is 626. The maximum atomic E-state index is 5.95. The van der Waals surface area contributed by atoms with Crippen molar-refractivity contribution in [2.75, 3.05) is 7.11 Å². The van der Waals surface area contributed by atoms with Crippen LogP contribution in [0.4, 0.5) is 0 Å². The number of hydrogen-bond acceptors (Lipinski definition) is 3. The van der Waals surface area contributed by atoms with Crippen LogP contribution in [0.3, 0.4) is 0 Å². The van der Waals surface area contributed by atoms with E-state index in [2.05, 4.69) is 43.9 Å². The lowest BCUT2D eigenvalue weighted by molar-refractivity contribution is 0.272. The standard InChI is InChI=1S/C15H18Br2N2O2/c1-4-19-12(5-10(2)18-19)9-21-15-13(17)6-11(8-16)7-14(15)20-3/h5-7H,4,8-9H2,1-3H3. The predicted octanol–water partition coefficient (Wildman–Crippen LogP) is 4.46. The van der Waals surface area contributed by atoms with Gasteiger partial charge in [0, 0.05) is 11.9 Å². The Morgan fingerprint density at radius 3 is 2.67 bits per heavy atom. The monoisotopic (exact) mass is 416 g/mol. The van der Waals surface area contributed by atoms with Crippen LogP contribution in [0, 0.1) is 6.92 Å². The second-order valence-corrected chi connectivity index (χ2v) is 6.04. The van der Waals surface area contributed by atoms with Gasteiger partial charge in [0.05, 0.1) is 23.0 Å². The van der Waals surface area contributed by atoms with Crippen LogP contribution in [-0.4, -0.2) is 16.9 Å². The third-order valence-electron chi connectivity index (χ3n) is 3.09. The fourth-order valence-corrected chi connectivity index (χ4v) is 3.05.